The Balaban J connectivity index is 2.37. The Hall–Kier alpha value is -1.10. The average molecular weight is 269 g/mol. The largest absolute Gasteiger partial charge is 0.339 e. The zero-order valence-corrected chi connectivity index (χ0v) is 12.8. The topological polar surface area (TPSA) is 52.7 Å². The number of nitrogens with one attached hydrogen (secondary N) is 1. The third kappa shape index (κ3) is 5.19. The maximum Gasteiger partial charge on any atom is 0.236 e. The van der Waals surface area contributed by atoms with E-state index in [1.165, 1.54) is 0 Å². The van der Waals surface area contributed by atoms with E-state index in [1.54, 1.807) is 0 Å². The molecule has 1 N–H and O–H groups in total. The maximum atomic E-state index is 12.0. The maximum absolute atomic E-state index is 12.0. The molecule has 0 aromatic heterocycles. The van der Waals surface area contributed by atoms with Crippen molar-refractivity contribution < 1.29 is 9.59 Å². The molecule has 1 heterocycles. The summed E-state index contributed by atoms with van der Waals surface area (Å²) in [5.74, 6) is 0.330. The van der Waals surface area contributed by atoms with E-state index in [-0.39, 0.29) is 23.3 Å². The molecule has 0 radical (unpaired) electrons. The van der Waals surface area contributed by atoms with Crippen LogP contribution in [0.25, 0.3) is 0 Å². The van der Waals surface area contributed by atoms with Crippen LogP contribution in [0.4, 0.5) is 0 Å². The van der Waals surface area contributed by atoms with Gasteiger partial charge in [0, 0.05) is 37.6 Å². The van der Waals surface area contributed by atoms with Crippen molar-refractivity contribution in [3.63, 3.8) is 0 Å². The van der Waals surface area contributed by atoms with Crippen LogP contribution >= 0.6 is 0 Å². The molecule has 2 amide bonds. The van der Waals surface area contributed by atoms with E-state index in [0.717, 1.165) is 0 Å². The van der Waals surface area contributed by atoms with Crippen LogP contribution in [0.1, 0.15) is 34.6 Å². The number of carbonyl (C=O) groups excluding carboxylic acids is 2. The first-order valence-electron chi connectivity index (χ1n) is 7.02. The van der Waals surface area contributed by atoms with Crippen molar-refractivity contribution in [1.82, 2.24) is 15.1 Å². The molecule has 1 aliphatic heterocycles. The summed E-state index contributed by atoms with van der Waals surface area (Å²) in [5.41, 5.74) is -0.0505. The Morgan fingerprint density at radius 1 is 1.05 bits per heavy atom. The molecule has 0 bridgehead atoms. The summed E-state index contributed by atoms with van der Waals surface area (Å²) in [4.78, 5) is 27.5. The summed E-state index contributed by atoms with van der Waals surface area (Å²) in [6.07, 6.45) is 0. The fourth-order valence-corrected chi connectivity index (χ4v) is 1.99. The fourth-order valence-electron chi connectivity index (χ4n) is 1.99. The Morgan fingerprint density at radius 3 is 1.95 bits per heavy atom. The van der Waals surface area contributed by atoms with Gasteiger partial charge in [0.05, 0.1) is 6.54 Å². The molecule has 0 aliphatic carbocycles. The molecule has 5 heteroatoms. The molecule has 1 aliphatic rings. The highest BCUT2D eigenvalue weighted by Gasteiger charge is 2.25. The summed E-state index contributed by atoms with van der Waals surface area (Å²) in [7, 11) is 0. The minimum atomic E-state index is -0.0505. The van der Waals surface area contributed by atoms with Crippen LogP contribution in [-0.2, 0) is 9.59 Å². The number of hydrogen-bond acceptors (Lipinski definition) is 3. The normalized spacial score (nSPS) is 16.9. The van der Waals surface area contributed by atoms with Gasteiger partial charge < -0.3 is 15.1 Å². The van der Waals surface area contributed by atoms with Crippen molar-refractivity contribution in [2.45, 2.75) is 40.2 Å². The number of piperazine rings is 1. The molecule has 5 nitrogen and oxygen atoms in total. The zero-order valence-electron chi connectivity index (χ0n) is 12.8. The van der Waals surface area contributed by atoms with Crippen LogP contribution in [0.2, 0.25) is 0 Å². The predicted molar refractivity (Wildman–Crippen MR) is 75.8 cm³/mol. The molecular weight excluding hydrogens is 242 g/mol. The van der Waals surface area contributed by atoms with Crippen LogP contribution in [-0.4, -0.2) is 59.9 Å². The van der Waals surface area contributed by atoms with Gasteiger partial charge in [-0.3, -0.25) is 9.59 Å². The highest BCUT2D eigenvalue weighted by Crippen LogP contribution is 2.07. The first-order valence-corrected chi connectivity index (χ1v) is 7.02. The molecule has 0 unspecified atom stereocenters. The van der Waals surface area contributed by atoms with E-state index in [4.69, 9.17) is 0 Å². The Bertz CT molecular complexity index is 326. The van der Waals surface area contributed by atoms with Gasteiger partial charge >= 0.3 is 0 Å². The number of hydrogen-bond donors (Lipinski definition) is 1. The SMILES string of the molecule is CC(C)C(=O)N1CCN(C(=O)CNC(C)(C)C)CC1. The molecule has 0 saturated carbocycles. The number of rotatable bonds is 3. The van der Waals surface area contributed by atoms with E-state index in [0.29, 0.717) is 32.7 Å². The van der Waals surface area contributed by atoms with Gasteiger partial charge in [-0.1, -0.05) is 13.8 Å². The molecule has 0 atom stereocenters. The van der Waals surface area contributed by atoms with Crippen LogP contribution in [0.5, 0.6) is 0 Å². The molecule has 1 fully saturated rings. The Labute approximate surface area is 116 Å². The van der Waals surface area contributed by atoms with Gasteiger partial charge in [0.15, 0.2) is 0 Å². The van der Waals surface area contributed by atoms with Crippen molar-refractivity contribution in [1.29, 1.82) is 0 Å². The third-order valence-corrected chi connectivity index (χ3v) is 3.21. The van der Waals surface area contributed by atoms with Crippen molar-refractivity contribution in [3.8, 4) is 0 Å². The summed E-state index contributed by atoms with van der Waals surface area (Å²) < 4.78 is 0. The second kappa shape index (κ2) is 6.37. The molecule has 1 rings (SSSR count). The van der Waals surface area contributed by atoms with Crippen molar-refractivity contribution >= 4 is 11.8 Å². The molecule has 0 spiro atoms. The van der Waals surface area contributed by atoms with Gasteiger partial charge in [0.1, 0.15) is 0 Å². The lowest BCUT2D eigenvalue weighted by molar-refractivity contribution is -0.141. The van der Waals surface area contributed by atoms with E-state index in [2.05, 4.69) is 5.32 Å². The predicted octanol–water partition coefficient (Wildman–Crippen LogP) is 0.701. The summed E-state index contributed by atoms with van der Waals surface area (Å²) in [6, 6.07) is 0. The van der Waals surface area contributed by atoms with Crippen LogP contribution in [0.15, 0.2) is 0 Å². The van der Waals surface area contributed by atoms with Crippen molar-refractivity contribution in [2.75, 3.05) is 32.7 Å². The van der Waals surface area contributed by atoms with Crippen LogP contribution in [0.3, 0.4) is 0 Å². The molecule has 19 heavy (non-hydrogen) atoms. The molecule has 0 aromatic rings. The second-order valence-corrected chi connectivity index (χ2v) is 6.46. The summed E-state index contributed by atoms with van der Waals surface area (Å²) >= 11 is 0. The quantitative estimate of drug-likeness (QED) is 0.820. The number of carbonyl (C=O) groups is 2. The van der Waals surface area contributed by atoms with Gasteiger partial charge in [-0.25, -0.2) is 0 Å². The molecule has 1 saturated heterocycles. The third-order valence-electron chi connectivity index (χ3n) is 3.21. The average Bonchev–Trinajstić information content (AvgIpc) is 2.34. The first kappa shape index (κ1) is 16.0. The second-order valence-electron chi connectivity index (χ2n) is 6.46. The van der Waals surface area contributed by atoms with Gasteiger partial charge in [0.25, 0.3) is 0 Å². The van der Waals surface area contributed by atoms with Gasteiger partial charge in [-0.05, 0) is 20.8 Å². The highest BCUT2D eigenvalue weighted by molar-refractivity contribution is 5.80. The summed E-state index contributed by atoms with van der Waals surface area (Å²) in [6.45, 7) is 12.9. The number of nitrogens with zero attached hydrogens (tertiary/aromatic N) is 2. The van der Waals surface area contributed by atoms with E-state index >= 15 is 0 Å². The lowest BCUT2D eigenvalue weighted by atomic mass is 10.1. The monoisotopic (exact) mass is 269 g/mol. The van der Waals surface area contributed by atoms with Crippen LogP contribution < -0.4 is 5.32 Å². The lowest BCUT2D eigenvalue weighted by Gasteiger charge is -2.36. The van der Waals surface area contributed by atoms with Crippen LogP contribution in [0, 0.1) is 5.92 Å². The zero-order chi connectivity index (χ0) is 14.6. The first-order chi connectivity index (χ1) is 8.70. The fraction of sp³-hybridized carbons (Fsp3) is 0.857. The molecule has 0 aromatic carbocycles. The lowest BCUT2D eigenvalue weighted by Crippen LogP contribution is -2.54. The molecular formula is C14H27N3O2. The van der Waals surface area contributed by atoms with Crippen molar-refractivity contribution in [3.05, 3.63) is 0 Å². The number of amides is 2. The Morgan fingerprint density at radius 2 is 1.53 bits per heavy atom. The highest BCUT2D eigenvalue weighted by atomic mass is 16.2. The smallest absolute Gasteiger partial charge is 0.236 e. The van der Waals surface area contributed by atoms with Gasteiger partial charge in [-0.2, -0.15) is 0 Å². The van der Waals surface area contributed by atoms with Gasteiger partial charge in [-0.15, -0.1) is 0 Å². The van der Waals surface area contributed by atoms with E-state index < -0.39 is 0 Å². The Kier molecular flexibility index (Phi) is 5.35. The standard InChI is InChI=1S/C14H27N3O2/c1-11(2)13(19)17-8-6-16(7-9-17)12(18)10-15-14(3,4)5/h11,15H,6-10H2,1-5H3. The minimum Gasteiger partial charge on any atom is -0.339 e. The summed E-state index contributed by atoms with van der Waals surface area (Å²) in [5, 5.41) is 3.20. The minimum absolute atomic E-state index is 0.0322. The molecule has 110 valence electrons. The van der Waals surface area contributed by atoms with E-state index in [9.17, 15) is 9.59 Å². The van der Waals surface area contributed by atoms with E-state index in [1.807, 2.05) is 44.4 Å². The van der Waals surface area contributed by atoms with Gasteiger partial charge in [0.2, 0.25) is 11.8 Å². The van der Waals surface area contributed by atoms with Crippen molar-refractivity contribution in [2.24, 2.45) is 5.92 Å².